The number of benzene rings is 2. The van der Waals surface area contributed by atoms with E-state index in [-0.39, 0.29) is 31.1 Å². The summed E-state index contributed by atoms with van der Waals surface area (Å²) in [7, 11) is 0. The summed E-state index contributed by atoms with van der Waals surface area (Å²) in [6, 6.07) is 15.0. The van der Waals surface area contributed by atoms with E-state index in [9.17, 15) is 29.4 Å². The van der Waals surface area contributed by atoms with Gasteiger partial charge in [0.25, 0.3) is 0 Å². The molecule has 0 radical (unpaired) electrons. The number of hydrogen-bond donors (Lipinski definition) is 5. The molecule has 0 aliphatic carbocycles. The number of aliphatic hydroxyl groups excluding tert-OH is 2. The summed E-state index contributed by atoms with van der Waals surface area (Å²) in [5, 5.41) is 28.7. The van der Waals surface area contributed by atoms with Crippen molar-refractivity contribution in [3.05, 3.63) is 71.8 Å². The summed E-state index contributed by atoms with van der Waals surface area (Å²) in [6.07, 6.45) is -1.66. The van der Waals surface area contributed by atoms with Crippen molar-refractivity contribution in [3.8, 4) is 0 Å². The molecule has 5 N–H and O–H groups in total. The first kappa shape index (κ1) is 32.9. The Morgan fingerprint density at radius 3 is 1.88 bits per heavy atom. The molecule has 1 aliphatic rings. The molecule has 1 heterocycles. The Kier molecular flexibility index (Phi) is 11.8. The molecule has 0 unspecified atom stereocenters. The predicted octanol–water partition coefficient (Wildman–Crippen LogP) is 1.46. The molecule has 3 rings (SSSR count). The lowest BCUT2D eigenvalue weighted by atomic mass is 9.93. The molecule has 0 bridgehead atoms. The number of ether oxygens (including phenoxy) is 1. The summed E-state index contributed by atoms with van der Waals surface area (Å²) < 4.78 is 5.32. The van der Waals surface area contributed by atoms with E-state index in [4.69, 9.17) is 4.74 Å². The minimum absolute atomic E-state index is 0.104. The third-order valence-corrected chi connectivity index (χ3v) is 7.27. The number of epoxide rings is 1. The van der Waals surface area contributed by atoms with Crippen molar-refractivity contribution in [2.45, 2.75) is 89.3 Å². The van der Waals surface area contributed by atoms with Crippen LogP contribution in [0.15, 0.2) is 60.7 Å². The van der Waals surface area contributed by atoms with Crippen molar-refractivity contribution < 1.29 is 34.1 Å². The highest BCUT2D eigenvalue weighted by atomic mass is 16.6. The number of nitrogens with one attached hydrogen (secondary N) is 3. The highest BCUT2D eigenvalue weighted by Gasteiger charge is 2.50. The molecule has 1 saturated heterocycles. The lowest BCUT2D eigenvalue weighted by molar-refractivity contribution is -0.138. The van der Waals surface area contributed by atoms with Gasteiger partial charge in [-0.25, -0.2) is 0 Å². The van der Waals surface area contributed by atoms with Gasteiger partial charge in [0.05, 0.1) is 18.8 Å². The average Bonchev–Trinajstić information content (AvgIpc) is 3.72. The lowest BCUT2D eigenvalue weighted by Gasteiger charge is -2.27. The number of aryl methyl sites for hydroxylation is 1. The van der Waals surface area contributed by atoms with Gasteiger partial charge < -0.3 is 30.9 Å². The van der Waals surface area contributed by atoms with Gasteiger partial charge in [0, 0.05) is 6.42 Å². The number of hydrogen-bond acceptors (Lipinski definition) is 7. The van der Waals surface area contributed by atoms with E-state index in [2.05, 4.69) is 16.0 Å². The Bertz CT molecular complexity index is 1200. The van der Waals surface area contributed by atoms with Crippen molar-refractivity contribution in [1.29, 1.82) is 0 Å². The van der Waals surface area contributed by atoms with Gasteiger partial charge in [0.1, 0.15) is 23.8 Å². The maximum atomic E-state index is 13.6. The number of rotatable bonds is 16. The Labute approximate surface area is 247 Å². The number of carbonyl (C=O) groups is 4. The minimum atomic E-state index is -1.43. The van der Waals surface area contributed by atoms with Crippen molar-refractivity contribution >= 4 is 23.5 Å². The van der Waals surface area contributed by atoms with Crippen LogP contribution in [0.25, 0.3) is 0 Å². The highest BCUT2D eigenvalue weighted by molar-refractivity contribution is 5.98. The monoisotopic (exact) mass is 581 g/mol. The predicted molar refractivity (Wildman–Crippen MR) is 157 cm³/mol. The van der Waals surface area contributed by atoms with Crippen LogP contribution in [-0.2, 0) is 36.8 Å². The van der Waals surface area contributed by atoms with Crippen molar-refractivity contribution in [2.24, 2.45) is 5.92 Å². The zero-order chi connectivity index (χ0) is 30.9. The molecule has 6 atom stereocenters. The van der Waals surface area contributed by atoms with E-state index >= 15 is 0 Å². The van der Waals surface area contributed by atoms with E-state index in [0.29, 0.717) is 12.8 Å². The molecule has 228 valence electrons. The molecule has 10 heteroatoms. The van der Waals surface area contributed by atoms with Crippen LogP contribution in [0.1, 0.15) is 51.7 Å². The zero-order valence-electron chi connectivity index (χ0n) is 24.7. The second kappa shape index (κ2) is 15.0. The summed E-state index contributed by atoms with van der Waals surface area (Å²) >= 11 is 0. The third-order valence-electron chi connectivity index (χ3n) is 7.27. The van der Waals surface area contributed by atoms with Gasteiger partial charge in [0.15, 0.2) is 5.78 Å². The molecule has 42 heavy (non-hydrogen) atoms. The van der Waals surface area contributed by atoms with Gasteiger partial charge in [-0.1, -0.05) is 74.5 Å². The lowest BCUT2D eigenvalue weighted by Crippen LogP contribution is -2.60. The Morgan fingerprint density at radius 1 is 0.810 bits per heavy atom. The van der Waals surface area contributed by atoms with E-state index < -0.39 is 53.7 Å². The minimum Gasteiger partial charge on any atom is -0.391 e. The second-order valence-corrected chi connectivity index (χ2v) is 11.6. The molecule has 0 saturated carbocycles. The van der Waals surface area contributed by atoms with Crippen LogP contribution in [0, 0.1) is 5.92 Å². The van der Waals surface area contributed by atoms with Crippen molar-refractivity contribution in [1.82, 2.24) is 16.0 Å². The first-order valence-electron chi connectivity index (χ1n) is 14.4. The summed E-state index contributed by atoms with van der Waals surface area (Å²) in [5.41, 5.74) is 0.769. The number of aliphatic hydroxyl groups is 2. The largest absolute Gasteiger partial charge is 0.391 e. The van der Waals surface area contributed by atoms with Crippen molar-refractivity contribution in [3.63, 3.8) is 0 Å². The average molecular weight is 582 g/mol. The first-order valence-corrected chi connectivity index (χ1v) is 14.4. The zero-order valence-corrected chi connectivity index (χ0v) is 24.7. The van der Waals surface area contributed by atoms with Gasteiger partial charge in [-0.2, -0.15) is 0 Å². The van der Waals surface area contributed by atoms with Gasteiger partial charge in [-0.05, 0) is 50.2 Å². The molecule has 0 spiro atoms. The second-order valence-electron chi connectivity index (χ2n) is 11.6. The fourth-order valence-corrected chi connectivity index (χ4v) is 4.65. The fraction of sp³-hybridized carbons (Fsp3) is 0.500. The standard InChI is InChI=1S/C32H43N3O7/c1-20(2)17-24(28(38)32(4)19-42-32)33-29(39)25(18-23-13-9-6-10-14-23)34-31(41)27(21(3)36)35-30(40)26(37)16-15-22-11-7-5-8-12-22/h5-14,20-21,24-27,36-37H,15-19H2,1-4H3,(H,33,39)(H,34,41)(H,35,40)/t21-,24+,25+,26+,27+,32-/m1/s1. The van der Waals surface area contributed by atoms with Crippen LogP contribution < -0.4 is 16.0 Å². The smallest absolute Gasteiger partial charge is 0.249 e. The van der Waals surface area contributed by atoms with Crippen LogP contribution in [0.5, 0.6) is 0 Å². The molecular formula is C32H43N3O7. The Balaban J connectivity index is 1.72. The third kappa shape index (κ3) is 9.75. The molecule has 10 nitrogen and oxygen atoms in total. The molecule has 3 amide bonds. The number of amides is 3. The number of Topliss-reactive ketones (excluding diaryl/α,β-unsaturated/α-hetero) is 1. The number of ketones is 1. The Morgan fingerprint density at radius 2 is 1.36 bits per heavy atom. The van der Waals surface area contributed by atoms with Crippen LogP contribution in [0.2, 0.25) is 0 Å². The van der Waals surface area contributed by atoms with Gasteiger partial charge in [-0.15, -0.1) is 0 Å². The van der Waals surface area contributed by atoms with Crippen LogP contribution in [-0.4, -0.2) is 76.3 Å². The summed E-state index contributed by atoms with van der Waals surface area (Å²) in [5.74, 6) is -2.31. The van der Waals surface area contributed by atoms with E-state index in [1.54, 1.807) is 31.2 Å². The van der Waals surface area contributed by atoms with Gasteiger partial charge in [0.2, 0.25) is 17.7 Å². The highest BCUT2D eigenvalue weighted by Crippen LogP contribution is 2.29. The molecular weight excluding hydrogens is 538 g/mol. The van der Waals surface area contributed by atoms with Crippen LogP contribution >= 0.6 is 0 Å². The Hall–Kier alpha value is -3.60. The molecule has 2 aromatic carbocycles. The van der Waals surface area contributed by atoms with Gasteiger partial charge >= 0.3 is 0 Å². The fourth-order valence-electron chi connectivity index (χ4n) is 4.65. The molecule has 0 aromatic heterocycles. The van der Waals surface area contributed by atoms with Gasteiger partial charge in [-0.3, -0.25) is 19.2 Å². The van der Waals surface area contributed by atoms with E-state index in [1.807, 2.05) is 50.2 Å². The quantitative estimate of drug-likeness (QED) is 0.188. The first-order chi connectivity index (χ1) is 19.9. The maximum Gasteiger partial charge on any atom is 0.249 e. The van der Waals surface area contributed by atoms with Crippen LogP contribution in [0.3, 0.4) is 0 Å². The van der Waals surface area contributed by atoms with Crippen molar-refractivity contribution in [2.75, 3.05) is 6.61 Å². The van der Waals surface area contributed by atoms with E-state index in [1.165, 1.54) is 6.92 Å². The van der Waals surface area contributed by atoms with E-state index in [0.717, 1.165) is 11.1 Å². The normalized spacial score (nSPS) is 19.6. The summed E-state index contributed by atoms with van der Waals surface area (Å²) in [6.45, 7) is 7.18. The maximum absolute atomic E-state index is 13.6. The molecule has 1 fully saturated rings. The molecule has 1 aliphatic heterocycles. The SMILES string of the molecule is CC(C)C[C@H](NC(=O)[C@H](Cc1ccccc1)NC(=O)[C@@H](NC(=O)[C@@H](O)CCc1ccccc1)[C@@H](C)O)C(=O)[C@@]1(C)CO1. The van der Waals surface area contributed by atoms with Crippen LogP contribution in [0.4, 0.5) is 0 Å². The topological polar surface area (TPSA) is 157 Å². The molecule has 2 aromatic rings. The summed E-state index contributed by atoms with van der Waals surface area (Å²) in [4.78, 5) is 52.8. The number of carbonyl (C=O) groups excluding carboxylic acids is 4.